The maximum atomic E-state index is 11.1. The van der Waals surface area contributed by atoms with E-state index < -0.39 is 0 Å². The van der Waals surface area contributed by atoms with E-state index in [0.29, 0.717) is 5.56 Å². The Hall–Kier alpha value is -0.580. The average molecular weight is 259 g/mol. The third-order valence-electron chi connectivity index (χ3n) is 1.31. The normalized spacial score (nSPS) is 9.27. The molecule has 1 rings (SSSR count). The molecule has 0 radical (unpaired) electrons. The molecular formula is C8H8INO. The average Bonchev–Trinajstić information content (AvgIpc) is 2.03. The Morgan fingerprint density at radius 1 is 1.55 bits per heavy atom. The minimum Gasteiger partial charge on any atom is -0.355 e. The van der Waals surface area contributed by atoms with Crippen molar-refractivity contribution in [1.29, 1.82) is 0 Å². The molecule has 2 nitrogen and oxygen atoms in total. The molecule has 0 saturated heterocycles. The van der Waals surface area contributed by atoms with E-state index in [2.05, 4.69) is 27.9 Å². The van der Waals surface area contributed by atoms with E-state index in [1.54, 1.807) is 13.1 Å². The van der Waals surface area contributed by atoms with Gasteiger partial charge in [-0.25, -0.2) is 0 Å². The van der Waals surface area contributed by atoms with Gasteiger partial charge in [-0.2, -0.15) is 0 Å². The van der Waals surface area contributed by atoms with Gasteiger partial charge in [0.15, 0.2) is 0 Å². The molecule has 11 heavy (non-hydrogen) atoms. The number of halogens is 1. The summed E-state index contributed by atoms with van der Waals surface area (Å²) < 4.78 is 1.07. The third kappa shape index (κ3) is 2.18. The Morgan fingerprint density at radius 3 is 2.82 bits per heavy atom. The van der Waals surface area contributed by atoms with E-state index in [0.717, 1.165) is 3.57 Å². The number of amides is 1. The monoisotopic (exact) mass is 259 g/mol. The molecular weight excluding hydrogens is 251 g/mol. The van der Waals surface area contributed by atoms with Crippen LogP contribution in [-0.2, 0) is 0 Å². The van der Waals surface area contributed by atoms with Gasteiger partial charge in [-0.05, 0) is 40.8 Å². The number of nitrogens with one attached hydrogen (secondary N) is 1. The standard InChI is InChI=1S/C8H8INO/c1-10-8(11)6-3-2-4-7(9)5-6/h2-5H,1H3,(H,10,11)/i9-2. The first kappa shape index (κ1) is 8.52. The zero-order valence-corrected chi connectivity index (χ0v) is 8.25. The zero-order chi connectivity index (χ0) is 8.27. The van der Waals surface area contributed by atoms with Crippen molar-refractivity contribution in [2.75, 3.05) is 7.05 Å². The fraction of sp³-hybridized carbons (Fsp3) is 0.125. The van der Waals surface area contributed by atoms with Crippen molar-refractivity contribution < 1.29 is 4.79 Å². The maximum Gasteiger partial charge on any atom is 0.251 e. The van der Waals surface area contributed by atoms with Crippen molar-refractivity contribution in [3.63, 3.8) is 0 Å². The lowest BCUT2D eigenvalue weighted by molar-refractivity contribution is 0.0963. The van der Waals surface area contributed by atoms with Gasteiger partial charge in [0.1, 0.15) is 0 Å². The van der Waals surface area contributed by atoms with Crippen LogP contribution >= 0.6 is 22.6 Å². The first-order valence-corrected chi connectivity index (χ1v) is 4.29. The molecule has 1 aromatic rings. The van der Waals surface area contributed by atoms with Crippen molar-refractivity contribution in [3.8, 4) is 0 Å². The van der Waals surface area contributed by atoms with Gasteiger partial charge in [-0.1, -0.05) is 6.07 Å². The van der Waals surface area contributed by atoms with Crippen LogP contribution in [0.4, 0.5) is 0 Å². The quantitative estimate of drug-likeness (QED) is 0.763. The fourth-order valence-electron chi connectivity index (χ4n) is 0.774. The Balaban J connectivity index is 2.96. The fourth-order valence-corrected chi connectivity index (χ4v) is 1.32. The van der Waals surface area contributed by atoms with Crippen molar-refractivity contribution in [2.45, 2.75) is 0 Å². The van der Waals surface area contributed by atoms with Gasteiger partial charge >= 0.3 is 0 Å². The van der Waals surface area contributed by atoms with Gasteiger partial charge < -0.3 is 5.32 Å². The van der Waals surface area contributed by atoms with Gasteiger partial charge in [0.05, 0.1) is 0 Å². The van der Waals surface area contributed by atoms with Crippen LogP contribution in [0.25, 0.3) is 0 Å². The van der Waals surface area contributed by atoms with E-state index in [9.17, 15) is 4.79 Å². The van der Waals surface area contributed by atoms with Crippen LogP contribution in [-0.4, -0.2) is 13.0 Å². The number of carbonyl (C=O) groups is 1. The summed E-state index contributed by atoms with van der Waals surface area (Å²) in [5.74, 6) is -0.0384. The molecule has 0 aromatic heterocycles. The second-order valence-electron chi connectivity index (χ2n) is 2.09. The van der Waals surface area contributed by atoms with Crippen molar-refractivity contribution in [2.24, 2.45) is 0 Å². The van der Waals surface area contributed by atoms with Gasteiger partial charge in [-0.3, -0.25) is 4.79 Å². The van der Waals surface area contributed by atoms with Crippen LogP contribution in [0, 0.1) is 3.57 Å². The molecule has 0 saturated carbocycles. The SMILES string of the molecule is CNC(=O)c1cccc([125I])c1. The van der Waals surface area contributed by atoms with E-state index >= 15 is 0 Å². The van der Waals surface area contributed by atoms with E-state index in [4.69, 9.17) is 0 Å². The predicted octanol–water partition coefficient (Wildman–Crippen LogP) is 1.65. The van der Waals surface area contributed by atoms with E-state index in [-0.39, 0.29) is 5.91 Å². The molecule has 0 fully saturated rings. The summed E-state index contributed by atoms with van der Waals surface area (Å²) in [6.45, 7) is 0. The minimum absolute atomic E-state index is 0.0384. The summed E-state index contributed by atoms with van der Waals surface area (Å²) in [4.78, 5) is 11.1. The van der Waals surface area contributed by atoms with Gasteiger partial charge in [-0.15, -0.1) is 0 Å². The highest BCUT2D eigenvalue weighted by atomic mass is 125. The van der Waals surface area contributed by atoms with Crippen LogP contribution in [0.15, 0.2) is 24.3 Å². The summed E-state index contributed by atoms with van der Waals surface area (Å²) in [7, 11) is 1.63. The number of rotatable bonds is 1. The summed E-state index contributed by atoms with van der Waals surface area (Å²) in [6.07, 6.45) is 0. The number of hydrogen-bond donors (Lipinski definition) is 1. The van der Waals surface area contributed by atoms with Crippen LogP contribution in [0.3, 0.4) is 0 Å². The van der Waals surface area contributed by atoms with Crippen molar-refractivity contribution >= 4 is 28.5 Å². The van der Waals surface area contributed by atoms with Crippen molar-refractivity contribution in [1.82, 2.24) is 5.32 Å². The summed E-state index contributed by atoms with van der Waals surface area (Å²) in [5, 5.41) is 2.57. The highest BCUT2D eigenvalue weighted by molar-refractivity contribution is 14.1. The summed E-state index contributed by atoms with van der Waals surface area (Å²) >= 11 is 2.18. The second-order valence-corrected chi connectivity index (χ2v) is 3.34. The molecule has 1 N–H and O–H groups in total. The maximum absolute atomic E-state index is 11.1. The largest absolute Gasteiger partial charge is 0.355 e. The molecule has 0 unspecified atom stereocenters. The Morgan fingerprint density at radius 2 is 2.27 bits per heavy atom. The van der Waals surface area contributed by atoms with Crippen LogP contribution in [0.5, 0.6) is 0 Å². The summed E-state index contributed by atoms with van der Waals surface area (Å²) in [5.41, 5.74) is 0.708. The molecule has 1 aromatic carbocycles. The molecule has 0 aliphatic heterocycles. The second kappa shape index (κ2) is 3.71. The molecule has 0 atom stereocenters. The van der Waals surface area contributed by atoms with Crippen LogP contribution in [0.2, 0.25) is 0 Å². The molecule has 0 aliphatic rings. The number of carbonyl (C=O) groups excluding carboxylic acids is 1. The lowest BCUT2D eigenvalue weighted by Crippen LogP contribution is -2.17. The van der Waals surface area contributed by atoms with E-state index in [1.807, 2.05) is 18.2 Å². The van der Waals surface area contributed by atoms with Gasteiger partial charge in [0.25, 0.3) is 5.91 Å². The van der Waals surface area contributed by atoms with Crippen LogP contribution < -0.4 is 5.32 Å². The first-order chi connectivity index (χ1) is 5.24. The molecule has 0 bridgehead atoms. The first-order valence-electron chi connectivity index (χ1n) is 3.21. The highest BCUT2D eigenvalue weighted by Gasteiger charge is 2.00. The smallest absolute Gasteiger partial charge is 0.251 e. The number of hydrogen-bond acceptors (Lipinski definition) is 1. The summed E-state index contributed by atoms with van der Waals surface area (Å²) in [6, 6.07) is 7.46. The van der Waals surface area contributed by atoms with Gasteiger partial charge in [0, 0.05) is 16.2 Å². The van der Waals surface area contributed by atoms with Gasteiger partial charge in [0.2, 0.25) is 0 Å². The Bertz CT molecular complexity index is 273. The van der Waals surface area contributed by atoms with Crippen molar-refractivity contribution in [3.05, 3.63) is 33.4 Å². The van der Waals surface area contributed by atoms with E-state index in [1.165, 1.54) is 0 Å². The Labute approximate surface area is 79.1 Å². The highest BCUT2D eigenvalue weighted by Crippen LogP contribution is 2.06. The van der Waals surface area contributed by atoms with Crippen LogP contribution in [0.1, 0.15) is 10.4 Å². The minimum atomic E-state index is -0.0384. The molecule has 58 valence electrons. The molecule has 3 heteroatoms. The lowest BCUT2D eigenvalue weighted by Gasteiger charge is -1.98. The Kier molecular flexibility index (Phi) is 2.87. The molecule has 0 spiro atoms. The third-order valence-corrected chi connectivity index (χ3v) is 1.98. The molecule has 1 amide bonds. The lowest BCUT2D eigenvalue weighted by atomic mass is 10.2. The predicted molar refractivity (Wildman–Crippen MR) is 52.5 cm³/mol. The number of benzene rings is 1. The topological polar surface area (TPSA) is 29.1 Å². The zero-order valence-electron chi connectivity index (χ0n) is 6.10. The molecule has 0 aliphatic carbocycles. The molecule has 0 heterocycles.